The minimum absolute atomic E-state index is 0.0615. The first kappa shape index (κ1) is 18.7. The molecular formula is C19H27NO3S. The molecule has 0 aromatic heterocycles. The third-order valence-corrected chi connectivity index (χ3v) is 6.09. The van der Waals surface area contributed by atoms with Crippen LogP contribution in [0, 0.1) is 5.92 Å². The van der Waals surface area contributed by atoms with Crippen molar-refractivity contribution in [1.82, 2.24) is 4.90 Å². The van der Waals surface area contributed by atoms with Crippen molar-refractivity contribution in [2.75, 3.05) is 12.3 Å². The Morgan fingerprint density at radius 2 is 1.88 bits per heavy atom. The molecule has 0 aliphatic carbocycles. The summed E-state index contributed by atoms with van der Waals surface area (Å²) in [7, 11) is -3.10. The third kappa shape index (κ3) is 5.20. The Bertz CT molecular complexity index is 663. The molecule has 1 unspecified atom stereocenters. The monoisotopic (exact) mass is 349 g/mol. The Morgan fingerprint density at radius 1 is 1.21 bits per heavy atom. The number of benzene rings is 1. The zero-order valence-electron chi connectivity index (χ0n) is 14.5. The Morgan fingerprint density at radius 3 is 2.42 bits per heavy atom. The van der Waals surface area contributed by atoms with E-state index < -0.39 is 9.84 Å². The SMILES string of the molecule is CCC(CC)N(CCc1ccccc1)C(=O)CC1C=CS(=O)(=O)C1. The first-order valence-corrected chi connectivity index (χ1v) is 10.4. The van der Waals surface area contributed by atoms with Crippen LogP contribution in [-0.4, -0.2) is 37.6 Å². The van der Waals surface area contributed by atoms with Gasteiger partial charge in [0.15, 0.2) is 9.84 Å². The lowest BCUT2D eigenvalue weighted by molar-refractivity contribution is -0.134. The highest BCUT2D eigenvalue weighted by Gasteiger charge is 2.28. The molecule has 1 aliphatic rings. The van der Waals surface area contributed by atoms with Crippen LogP contribution in [0.4, 0.5) is 0 Å². The van der Waals surface area contributed by atoms with Gasteiger partial charge in [0.05, 0.1) is 5.75 Å². The van der Waals surface area contributed by atoms with Crippen LogP contribution in [0.2, 0.25) is 0 Å². The van der Waals surface area contributed by atoms with Crippen molar-refractivity contribution in [3.05, 3.63) is 47.4 Å². The third-order valence-electron chi connectivity index (χ3n) is 4.63. The zero-order chi connectivity index (χ0) is 17.6. The number of amides is 1. The molecule has 1 amide bonds. The molecule has 1 heterocycles. The van der Waals surface area contributed by atoms with Crippen molar-refractivity contribution in [2.24, 2.45) is 5.92 Å². The summed E-state index contributed by atoms with van der Waals surface area (Å²) in [5, 5.41) is 1.25. The summed E-state index contributed by atoms with van der Waals surface area (Å²) in [6.45, 7) is 4.87. The molecule has 0 fully saturated rings. The van der Waals surface area contributed by atoms with Gasteiger partial charge in [-0.15, -0.1) is 0 Å². The van der Waals surface area contributed by atoms with E-state index in [0.29, 0.717) is 6.54 Å². The predicted molar refractivity (Wildman–Crippen MR) is 97.3 cm³/mol. The zero-order valence-corrected chi connectivity index (χ0v) is 15.3. The van der Waals surface area contributed by atoms with E-state index in [1.54, 1.807) is 6.08 Å². The summed E-state index contributed by atoms with van der Waals surface area (Å²) < 4.78 is 23.1. The standard InChI is InChI=1S/C19H27NO3S/c1-3-18(4-2)20(12-10-16-8-6-5-7-9-16)19(21)14-17-11-13-24(22,23)15-17/h5-9,11,13,17-18H,3-4,10,12,14-15H2,1-2H3. The maximum Gasteiger partial charge on any atom is 0.223 e. The van der Waals surface area contributed by atoms with Gasteiger partial charge in [-0.25, -0.2) is 8.42 Å². The molecule has 1 atom stereocenters. The molecule has 24 heavy (non-hydrogen) atoms. The fourth-order valence-corrected chi connectivity index (χ4v) is 4.64. The number of rotatable bonds is 8. The first-order chi connectivity index (χ1) is 11.4. The highest BCUT2D eigenvalue weighted by Crippen LogP contribution is 2.21. The molecule has 0 radical (unpaired) electrons. The van der Waals surface area contributed by atoms with Gasteiger partial charge in [0.2, 0.25) is 5.91 Å². The summed E-state index contributed by atoms with van der Waals surface area (Å²) in [6, 6.07) is 10.4. The van der Waals surface area contributed by atoms with Crippen LogP contribution in [0.5, 0.6) is 0 Å². The minimum Gasteiger partial charge on any atom is -0.339 e. The molecule has 2 rings (SSSR count). The van der Waals surface area contributed by atoms with Crippen LogP contribution in [-0.2, 0) is 21.1 Å². The van der Waals surface area contributed by atoms with E-state index in [0.717, 1.165) is 19.3 Å². The van der Waals surface area contributed by atoms with Gasteiger partial charge in [0, 0.05) is 30.3 Å². The van der Waals surface area contributed by atoms with Crippen molar-refractivity contribution >= 4 is 15.7 Å². The molecule has 0 N–H and O–H groups in total. The quantitative estimate of drug-likeness (QED) is 0.724. The van der Waals surface area contributed by atoms with E-state index in [2.05, 4.69) is 26.0 Å². The average Bonchev–Trinajstić information content (AvgIpc) is 2.91. The summed E-state index contributed by atoms with van der Waals surface area (Å²) in [5.74, 6) is -0.0590. The van der Waals surface area contributed by atoms with Crippen molar-refractivity contribution in [3.63, 3.8) is 0 Å². The number of carbonyl (C=O) groups is 1. The molecule has 0 saturated carbocycles. The van der Waals surface area contributed by atoms with Crippen LogP contribution in [0.25, 0.3) is 0 Å². The number of sulfone groups is 1. The summed E-state index contributed by atoms with van der Waals surface area (Å²) in [4.78, 5) is 14.7. The Balaban J connectivity index is 2.02. The summed E-state index contributed by atoms with van der Waals surface area (Å²) in [5.41, 5.74) is 1.21. The van der Waals surface area contributed by atoms with Crippen LogP contribution in [0.15, 0.2) is 41.8 Å². The number of hydrogen-bond donors (Lipinski definition) is 0. The van der Waals surface area contributed by atoms with E-state index >= 15 is 0 Å². The van der Waals surface area contributed by atoms with Gasteiger partial charge < -0.3 is 4.90 Å². The normalized spacial score (nSPS) is 18.9. The molecule has 4 nitrogen and oxygen atoms in total. The van der Waals surface area contributed by atoms with Crippen LogP contribution in [0.1, 0.15) is 38.7 Å². The Kier molecular flexibility index (Phi) is 6.60. The van der Waals surface area contributed by atoms with E-state index in [4.69, 9.17) is 0 Å². The van der Waals surface area contributed by atoms with Crippen molar-refractivity contribution < 1.29 is 13.2 Å². The molecule has 1 aromatic carbocycles. The lowest BCUT2D eigenvalue weighted by Gasteiger charge is -2.31. The lowest BCUT2D eigenvalue weighted by atomic mass is 10.0. The fourth-order valence-electron chi connectivity index (χ4n) is 3.24. The van der Waals surface area contributed by atoms with Crippen molar-refractivity contribution in [1.29, 1.82) is 0 Å². The Labute approximate surface area is 145 Å². The van der Waals surface area contributed by atoms with Gasteiger partial charge in [-0.2, -0.15) is 0 Å². The van der Waals surface area contributed by atoms with Crippen molar-refractivity contribution in [3.8, 4) is 0 Å². The molecule has 132 valence electrons. The summed E-state index contributed by atoms with van der Waals surface area (Å²) >= 11 is 0. The molecule has 0 bridgehead atoms. The lowest BCUT2D eigenvalue weighted by Crippen LogP contribution is -2.41. The van der Waals surface area contributed by atoms with E-state index in [9.17, 15) is 13.2 Å². The van der Waals surface area contributed by atoms with Gasteiger partial charge in [-0.1, -0.05) is 50.3 Å². The molecule has 5 heteroatoms. The number of carbonyl (C=O) groups excluding carboxylic acids is 1. The van der Waals surface area contributed by atoms with Crippen LogP contribution < -0.4 is 0 Å². The highest BCUT2D eigenvalue weighted by molar-refractivity contribution is 7.94. The highest BCUT2D eigenvalue weighted by atomic mass is 32.2. The topological polar surface area (TPSA) is 54.5 Å². The van der Waals surface area contributed by atoms with Gasteiger partial charge in [-0.3, -0.25) is 4.79 Å². The van der Waals surface area contributed by atoms with Gasteiger partial charge in [0.25, 0.3) is 0 Å². The van der Waals surface area contributed by atoms with E-state index in [1.807, 2.05) is 23.1 Å². The molecule has 0 saturated heterocycles. The maximum absolute atomic E-state index is 12.8. The second kappa shape index (κ2) is 8.47. The fraction of sp³-hybridized carbons (Fsp3) is 0.526. The van der Waals surface area contributed by atoms with Crippen molar-refractivity contribution in [2.45, 2.75) is 45.6 Å². The molecular weight excluding hydrogens is 322 g/mol. The second-order valence-corrected chi connectivity index (χ2v) is 8.35. The Hall–Kier alpha value is -1.62. The second-order valence-electron chi connectivity index (χ2n) is 6.42. The van der Waals surface area contributed by atoms with E-state index in [-0.39, 0.29) is 30.0 Å². The average molecular weight is 349 g/mol. The van der Waals surface area contributed by atoms with Crippen LogP contribution >= 0.6 is 0 Å². The molecule has 1 aliphatic heterocycles. The van der Waals surface area contributed by atoms with Gasteiger partial charge >= 0.3 is 0 Å². The predicted octanol–water partition coefficient (Wildman–Crippen LogP) is 3.19. The first-order valence-electron chi connectivity index (χ1n) is 8.69. The smallest absolute Gasteiger partial charge is 0.223 e. The number of allylic oxidation sites excluding steroid dienone is 1. The molecule has 0 spiro atoms. The number of nitrogens with zero attached hydrogens (tertiary/aromatic N) is 1. The number of hydrogen-bond acceptors (Lipinski definition) is 3. The largest absolute Gasteiger partial charge is 0.339 e. The molecule has 1 aromatic rings. The maximum atomic E-state index is 12.8. The van der Waals surface area contributed by atoms with Crippen LogP contribution in [0.3, 0.4) is 0 Å². The van der Waals surface area contributed by atoms with Gasteiger partial charge in [0.1, 0.15) is 0 Å². The van der Waals surface area contributed by atoms with E-state index in [1.165, 1.54) is 11.0 Å². The summed E-state index contributed by atoms with van der Waals surface area (Å²) in [6.07, 6.45) is 4.59. The van der Waals surface area contributed by atoms with Gasteiger partial charge in [-0.05, 0) is 24.8 Å². The minimum atomic E-state index is -3.10.